The van der Waals surface area contributed by atoms with Crippen LogP contribution in [0.3, 0.4) is 0 Å². The van der Waals surface area contributed by atoms with Gasteiger partial charge in [0.2, 0.25) is 6.79 Å². The zero-order valence-electron chi connectivity index (χ0n) is 15.3. The Hall–Kier alpha value is -3.46. The van der Waals surface area contributed by atoms with Crippen molar-refractivity contribution < 1.29 is 14.2 Å². The molecule has 0 bridgehead atoms. The Labute approximate surface area is 163 Å². The minimum Gasteiger partial charge on any atom is -0.492 e. The smallest absolute Gasteiger partial charge is 0.231 e. The molecule has 0 radical (unpaired) electrons. The molecule has 0 atom stereocenters. The first kappa shape index (κ1) is 15.6. The Kier molecular flexibility index (Phi) is 3.36. The summed E-state index contributed by atoms with van der Waals surface area (Å²) >= 11 is 0. The summed E-state index contributed by atoms with van der Waals surface area (Å²) < 4.78 is 17.8. The summed E-state index contributed by atoms with van der Waals surface area (Å²) in [6, 6.07) is 25.2. The molecule has 0 fully saturated rings. The van der Waals surface area contributed by atoms with Crippen LogP contribution < -0.4 is 14.2 Å². The van der Waals surface area contributed by atoms with Gasteiger partial charge in [0, 0.05) is 28.3 Å². The number of rotatable bonds is 2. The maximum absolute atomic E-state index is 6.13. The van der Waals surface area contributed by atoms with Gasteiger partial charge in [-0.25, -0.2) is 0 Å². The van der Waals surface area contributed by atoms with Crippen LogP contribution in [0.15, 0.2) is 72.8 Å². The third-order valence-electron chi connectivity index (χ3n) is 5.58. The monoisotopic (exact) mass is 366 g/mol. The van der Waals surface area contributed by atoms with Crippen LogP contribution in [0.5, 0.6) is 17.2 Å². The second-order valence-electron chi connectivity index (χ2n) is 7.11. The van der Waals surface area contributed by atoms with Gasteiger partial charge in [-0.15, -0.1) is 0 Å². The summed E-state index contributed by atoms with van der Waals surface area (Å²) in [6.45, 7) is 0.957. The second-order valence-corrected chi connectivity index (χ2v) is 7.11. The quantitative estimate of drug-likeness (QED) is 0.446. The fraction of sp³-hybridized carbons (Fsp3) is 0.120. The van der Waals surface area contributed by atoms with E-state index in [0.717, 1.165) is 34.4 Å². The first-order valence-electron chi connectivity index (χ1n) is 9.56. The molecule has 0 aromatic heterocycles. The van der Waals surface area contributed by atoms with E-state index in [1.807, 2.05) is 12.1 Å². The van der Waals surface area contributed by atoms with Gasteiger partial charge in [-0.3, -0.25) is 0 Å². The number of hydrogen-bond acceptors (Lipinski definition) is 3. The van der Waals surface area contributed by atoms with Crippen LogP contribution in [0.25, 0.3) is 33.0 Å². The van der Waals surface area contributed by atoms with E-state index in [4.69, 9.17) is 14.2 Å². The summed E-state index contributed by atoms with van der Waals surface area (Å²) in [7, 11) is 0. The number of benzene rings is 4. The van der Waals surface area contributed by atoms with Crippen molar-refractivity contribution in [3.05, 3.63) is 78.4 Å². The van der Waals surface area contributed by atoms with Crippen LogP contribution in [-0.4, -0.2) is 13.4 Å². The molecule has 0 unspecified atom stereocenters. The van der Waals surface area contributed by atoms with Crippen LogP contribution >= 0.6 is 0 Å². The lowest BCUT2D eigenvalue weighted by Crippen LogP contribution is -1.96. The van der Waals surface area contributed by atoms with Gasteiger partial charge in [-0.2, -0.15) is 0 Å². The minimum absolute atomic E-state index is 0.251. The summed E-state index contributed by atoms with van der Waals surface area (Å²) in [6.07, 6.45) is 0.907. The Bertz CT molecular complexity index is 1200. The van der Waals surface area contributed by atoms with Gasteiger partial charge in [0.25, 0.3) is 0 Å². The van der Waals surface area contributed by atoms with Crippen molar-refractivity contribution >= 4 is 10.8 Å². The van der Waals surface area contributed by atoms with Gasteiger partial charge in [-0.1, -0.05) is 60.7 Å². The van der Waals surface area contributed by atoms with E-state index in [1.54, 1.807) is 0 Å². The lowest BCUT2D eigenvalue weighted by molar-refractivity contribution is 0.175. The highest BCUT2D eigenvalue weighted by atomic mass is 16.7. The Morgan fingerprint density at radius 2 is 1.32 bits per heavy atom. The lowest BCUT2D eigenvalue weighted by atomic mass is 9.84. The van der Waals surface area contributed by atoms with Crippen molar-refractivity contribution in [1.82, 2.24) is 0 Å². The van der Waals surface area contributed by atoms with Crippen molar-refractivity contribution in [3.63, 3.8) is 0 Å². The Morgan fingerprint density at radius 1 is 0.607 bits per heavy atom. The Balaban J connectivity index is 1.84. The number of ether oxygens (including phenoxy) is 3. The molecule has 2 aliphatic rings. The van der Waals surface area contributed by atoms with Gasteiger partial charge >= 0.3 is 0 Å². The van der Waals surface area contributed by atoms with E-state index in [2.05, 4.69) is 60.7 Å². The maximum atomic E-state index is 6.13. The molecule has 4 aromatic rings. The Morgan fingerprint density at radius 3 is 2.07 bits per heavy atom. The van der Waals surface area contributed by atoms with Gasteiger partial charge in [-0.05, 0) is 28.8 Å². The predicted molar refractivity (Wildman–Crippen MR) is 110 cm³/mol. The van der Waals surface area contributed by atoms with Crippen LogP contribution in [0.4, 0.5) is 0 Å². The summed E-state index contributed by atoms with van der Waals surface area (Å²) in [5.74, 6) is 2.58. The number of hydrogen-bond donors (Lipinski definition) is 0. The van der Waals surface area contributed by atoms with Crippen molar-refractivity contribution in [2.24, 2.45) is 0 Å². The van der Waals surface area contributed by atoms with E-state index in [-0.39, 0.29) is 6.79 Å². The predicted octanol–water partition coefficient (Wildman–Crippen LogP) is 5.84. The van der Waals surface area contributed by atoms with E-state index in [1.165, 1.54) is 27.8 Å². The fourth-order valence-corrected chi connectivity index (χ4v) is 4.44. The molecule has 0 aliphatic carbocycles. The molecule has 28 heavy (non-hydrogen) atoms. The maximum Gasteiger partial charge on any atom is 0.231 e. The molecule has 3 heteroatoms. The van der Waals surface area contributed by atoms with Crippen LogP contribution in [0.2, 0.25) is 0 Å². The average Bonchev–Trinajstić information content (AvgIpc) is 3.43. The second kappa shape index (κ2) is 6.03. The molecule has 0 saturated carbocycles. The lowest BCUT2D eigenvalue weighted by Gasteiger charge is -2.19. The highest BCUT2D eigenvalue weighted by molar-refractivity contribution is 6.12. The molecule has 6 rings (SSSR count). The van der Waals surface area contributed by atoms with Gasteiger partial charge < -0.3 is 14.2 Å². The largest absolute Gasteiger partial charge is 0.492 e. The molecule has 0 spiro atoms. The highest BCUT2D eigenvalue weighted by Gasteiger charge is 2.30. The molecule has 3 nitrogen and oxygen atoms in total. The first-order chi connectivity index (χ1) is 13.9. The molecular weight excluding hydrogens is 348 g/mol. The molecule has 2 heterocycles. The van der Waals surface area contributed by atoms with Crippen molar-refractivity contribution in [3.8, 4) is 39.5 Å². The number of fused-ring (bicyclic) bond motifs is 5. The van der Waals surface area contributed by atoms with Crippen LogP contribution in [-0.2, 0) is 6.42 Å². The third-order valence-corrected chi connectivity index (χ3v) is 5.58. The molecule has 0 N–H and O–H groups in total. The molecular formula is C25H18O3. The molecule has 0 amide bonds. The van der Waals surface area contributed by atoms with Crippen LogP contribution in [0.1, 0.15) is 5.56 Å². The van der Waals surface area contributed by atoms with Gasteiger partial charge in [0.15, 0.2) is 11.5 Å². The summed E-state index contributed by atoms with van der Waals surface area (Å²) in [5, 5.41) is 2.16. The minimum atomic E-state index is 0.251. The van der Waals surface area contributed by atoms with Crippen LogP contribution in [0, 0.1) is 0 Å². The fourth-order valence-electron chi connectivity index (χ4n) is 4.44. The van der Waals surface area contributed by atoms with E-state index in [0.29, 0.717) is 6.61 Å². The van der Waals surface area contributed by atoms with Gasteiger partial charge in [0.1, 0.15) is 5.75 Å². The summed E-state index contributed by atoms with van der Waals surface area (Å²) in [4.78, 5) is 0. The van der Waals surface area contributed by atoms with E-state index in [9.17, 15) is 0 Å². The SMILES string of the molecule is c1ccc(-c2c3c(c4ccc5c(c4c2-c2ccccc2)OCO5)OCC3)cc1. The normalized spacial score (nSPS) is 14.1. The van der Waals surface area contributed by atoms with Crippen molar-refractivity contribution in [2.45, 2.75) is 6.42 Å². The zero-order chi connectivity index (χ0) is 18.5. The first-order valence-corrected chi connectivity index (χ1v) is 9.56. The van der Waals surface area contributed by atoms with Crippen molar-refractivity contribution in [2.75, 3.05) is 13.4 Å². The highest BCUT2D eigenvalue weighted by Crippen LogP contribution is 2.53. The average molecular weight is 366 g/mol. The molecule has 136 valence electrons. The standard InChI is InChI=1S/C25H18O3/c1-3-7-16(8-4-1)21-19-13-14-26-24(19)18-11-12-20-25(28-15-27-20)23(18)22(21)17-9-5-2-6-10-17/h1-12H,13-15H2. The third kappa shape index (κ3) is 2.16. The van der Waals surface area contributed by atoms with E-state index >= 15 is 0 Å². The van der Waals surface area contributed by atoms with Gasteiger partial charge in [0.05, 0.1) is 6.61 Å². The zero-order valence-corrected chi connectivity index (χ0v) is 15.3. The topological polar surface area (TPSA) is 27.7 Å². The van der Waals surface area contributed by atoms with Crippen molar-refractivity contribution in [1.29, 1.82) is 0 Å². The molecule has 2 aliphatic heterocycles. The van der Waals surface area contributed by atoms with E-state index < -0.39 is 0 Å². The summed E-state index contributed by atoms with van der Waals surface area (Å²) in [5.41, 5.74) is 6.06. The molecule has 4 aromatic carbocycles. The molecule has 0 saturated heterocycles.